The van der Waals surface area contributed by atoms with Gasteiger partial charge in [-0.25, -0.2) is 8.42 Å². The van der Waals surface area contributed by atoms with Crippen molar-refractivity contribution in [1.29, 1.82) is 0 Å². The van der Waals surface area contributed by atoms with E-state index in [1.807, 2.05) is 20.8 Å². The average molecular weight is 247 g/mol. The molecule has 0 spiro atoms. The van der Waals surface area contributed by atoms with Gasteiger partial charge in [-0.05, 0) is 27.2 Å². The summed E-state index contributed by atoms with van der Waals surface area (Å²) in [6.45, 7) is 6.08. The highest BCUT2D eigenvalue weighted by atomic mass is 32.2. The van der Waals surface area contributed by atoms with Crippen LogP contribution in [0.4, 0.5) is 0 Å². The predicted molar refractivity (Wildman–Crippen MR) is 65.0 cm³/mol. The second-order valence-corrected chi connectivity index (χ2v) is 6.93. The van der Waals surface area contributed by atoms with Crippen LogP contribution in [0.15, 0.2) is 11.5 Å². The lowest BCUT2D eigenvalue weighted by molar-refractivity contribution is 0.00827. The highest BCUT2D eigenvalue weighted by Gasteiger charge is 2.25. The lowest BCUT2D eigenvalue weighted by Crippen LogP contribution is -2.41. The molecule has 1 aliphatic heterocycles. The van der Waals surface area contributed by atoms with Crippen LogP contribution in [0.5, 0.6) is 0 Å². The Kier molecular flexibility index (Phi) is 4.15. The molecule has 1 rings (SSSR count). The number of nitrogens with one attached hydrogen (secondary N) is 1. The number of methoxy groups -OCH3 is 1. The third kappa shape index (κ3) is 4.23. The van der Waals surface area contributed by atoms with Gasteiger partial charge in [-0.1, -0.05) is 6.08 Å². The first-order valence-electron chi connectivity index (χ1n) is 5.46. The van der Waals surface area contributed by atoms with Crippen LogP contribution >= 0.6 is 0 Å². The Hall–Kier alpha value is -0.390. The van der Waals surface area contributed by atoms with Crippen LogP contribution in [0.1, 0.15) is 27.2 Å². The lowest BCUT2D eigenvalue weighted by atomic mass is 9.99. The van der Waals surface area contributed by atoms with Crippen molar-refractivity contribution in [3.8, 4) is 0 Å². The van der Waals surface area contributed by atoms with Crippen LogP contribution < -0.4 is 5.32 Å². The summed E-state index contributed by atoms with van der Waals surface area (Å²) in [5, 5.41) is 4.57. The summed E-state index contributed by atoms with van der Waals surface area (Å²) in [6, 6.07) is 0.158. The van der Waals surface area contributed by atoms with Gasteiger partial charge >= 0.3 is 0 Å². The van der Waals surface area contributed by atoms with Crippen LogP contribution in [-0.4, -0.2) is 39.0 Å². The van der Waals surface area contributed by atoms with E-state index in [9.17, 15) is 8.42 Å². The van der Waals surface area contributed by atoms with E-state index >= 15 is 0 Å². The second kappa shape index (κ2) is 4.85. The zero-order chi connectivity index (χ0) is 12.4. The fourth-order valence-corrected chi connectivity index (χ4v) is 3.17. The maximum atomic E-state index is 11.2. The molecule has 0 aromatic heterocycles. The van der Waals surface area contributed by atoms with Gasteiger partial charge in [0.2, 0.25) is 0 Å². The number of hydrogen-bond donors (Lipinski definition) is 1. The van der Waals surface area contributed by atoms with Gasteiger partial charge in [0, 0.05) is 24.6 Å². The van der Waals surface area contributed by atoms with Crippen LogP contribution in [0, 0.1) is 0 Å². The van der Waals surface area contributed by atoms with E-state index in [4.69, 9.17) is 4.74 Å². The lowest BCUT2D eigenvalue weighted by Gasteiger charge is -2.28. The van der Waals surface area contributed by atoms with Gasteiger partial charge in [0.1, 0.15) is 0 Å². The largest absolute Gasteiger partial charge is 0.379 e. The summed E-state index contributed by atoms with van der Waals surface area (Å²) >= 11 is 0. The summed E-state index contributed by atoms with van der Waals surface area (Å²) < 4.78 is 27.8. The Labute approximate surface area is 98.0 Å². The van der Waals surface area contributed by atoms with Crippen molar-refractivity contribution < 1.29 is 13.2 Å². The Morgan fingerprint density at radius 1 is 1.56 bits per heavy atom. The quantitative estimate of drug-likeness (QED) is 0.790. The standard InChI is InChI=1S/C11H21NO3S/c1-9(7-11(2,3)15-4)12-10-5-6-16(13,14)8-10/h5-6,9-10,12H,7-8H2,1-4H3. The van der Waals surface area contributed by atoms with Gasteiger partial charge in [0.05, 0.1) is 11.4 Å². The van der Waals surface area contributed by atoms with Gasteiger partial charge in [-0.15, -0.1) is 0 Å². The maximum absolute atomic E-state index is 11.2. The van der Waals surface area contributed by atoms with Crippen LogP contribution in [0.25, 0.3) is 0 Å². The van der Waals surface area contributed by atoms with Crippen molar-refractivity contribution >= 4 is 9.84 Å². The molecule has 0 amide bonds. The Balaban J connectivity index is 2.42. The molecule has 2 unspecified atom stereocenters. The van der Waals surface area contributed by atoms with E-state index in [1.165, 1.54) is 5.41 Å². The zero-order valence-corrected chi connectivity index (χ0v) is 11.2. The average Bonchev–Trinajstić information content (AvgIpc) is 2.44. The molecular weight excluding hydrogens is 226 g/mol. The molecular formula is C11H21NO3S. The van der Waals surface area contributed by atoms with Crippen molar-refractivity contribution in [2.75, 3.05) is 12.9 Å². The molecule has 94 valence electrons. The van der Waals surface area contributed by atoms with Crippen molar-refractivity contribution in [1.82, 2.24) is 5.32 Å². The third-order valence-corrected chi connectivity index (χ3v) is 4.17. The molecule has 0 saturated carbocycles. The molecule has 1 aliphatic rings. The van der Waals surface area contributed by atoms with Crippen molar-refractivity contribution in [3.63, 3.8) is 0 Å². The van der Waals surface area contributed by atoms with Crippen molar-refractivity contribution in [3.05, 3.63) is 11.5 Å². The molecule has 0 fully saturated rings. The van der Waals surface area contributed by atoms with Crippen LogP contribution in [-0.2, 0) is 14.6 Å². The number of sulfone groups is 1. The van der Waals surface area contributed by atoms with Gasteiger partial charge in [-0.2, -0.15) is 0 Å². The molecule has 5 heteroatoms. The topological polar surface area (TPSA) is 55.4 Å². The first kappa shape index (κ1) is 13.7. The summed E-state index contributed by atoms with van der Waals surface area (Å²) in [5.41, 5.74) is -0.187. The highest BCUT2D eigenvalue weighted by Crippen LogP contribution is 2.17. The maximum Gasteiger partial charge on any atom is 0.173 e. The fraction of sp³-hybridized carbons (Fsp3) is 0.818. The molecule has 1 N–H and O–H groups in total. The summed E-state index contributed by atoms with van der Waals surface area (Å²) in [4.78, 5) is 0. The first-order valence-corrected chi connectivity index (χ1v) is 7.18. The second-order valence-electron chi connectivity index (χ2n) is 5.00. The van der Waals surface area contributed by atoms with Gasteiger partial charge in [0.15, 0.2) is 9.84 Å². The highest BCUT2D eigenvalue weighted by molar-refractivity contribution is 7.94. The molecule has 1 heterocycles. The van der Waals surface area contributed by atoms with Crippen LogP contribution in [0.2, 0.25) is 0 Å². The van der Waals surface area contributed by atoms with Crippen molar-refractivity contribution in [2.24, 2.45) is 0 Å². The molecule has 0 aromatic carbocycles. The summed E-state index contributed by atoms with van der Waals surface area (Å²) in [5.74, 6) is 0.171. The minimum absolute atomic E-state index is 0.0624. The molecule has 0 saturated heterocycles. The van der Waals surface area contributed by atoms with Gasteiger partial charge < -0.3 is 10.1 Å². The van der Waals surface area contributed by atoms with Gasteiger partial charge in [0.25, 0.3) is 0 Å². The van der Waals surface area contributed by atoms with E-state index in [-0.39, 0.29) is 23.4 Å². The SMILES string of the molecule is COC(C)(C)CC(C)NC1C=CS(=O)(=O)C1. The van der Waals surface area contributed by atoms with E-state index in [1.54, 1.807) is 13.2 Å². The predicted octanol–water partition coefficient (Wildman–Crippen LogP) is 1.09. The van der Waals surface area contributed by atoms with Gasteiger partial charge in [-0.3, -0.25) is 0 Å². The zero-order valence-electron chi connectivity index (χ0n) is 10.4. The Morgan fingerprint density at radius 3 is 2.62 bits per heavy atom. The Bertz CT molecular complexity index is 359. The minimum Gasteiger partial charge on any atom is -0.379 e. The van der Waals surface area contributed by atoms with E-state index < -0.39 is 9.84 Å². The van der Waals surface area contributed by atoms with Crippen molar-refractivity contribution in [2.45, 2.75) is 44.9 Å². The number of ether oxygens (including phenoxy) is 1. The Morgan fingerprint density at radius 2 is 2.19 bits per heavy atom. The fourth-order valence-electron chi connectivity index (χ4n) is 1.92. The molecule has 2 atom stereocenters. The molecule has 0 aromatic rings. The van der Waals surface area contributed by atoms with E-state index in [0.29, 0.717) is 0 Å². The first-order chi connectivity index (χ1) is 7.24. The summed E-state index contributed by atoms with van der Waals surface area (Å²) in [6.07, 6.45) is 2.56. The third-order valence-electron chi connectivity index (χ3n) is 2.78. The number of hydrogen-bond acceptors (Lipinski definition) is 4. The monoisotopic (exact) mass is 247 g/mol. The van der Waals surface area contributed by atoms with E-state index in [2.05, 4.69) is 5.32 Å². The smallest absolute Gasteiger partial charge is 0.173 e. The minimum atomic E-state index is -2.96. The van der Waals surface area contributed by atoms with E-state index in [0.717, 1.165) is 6.42 Å². The van der Waals surface area contributed by atoms with Crippen LogP contribution in [0.3, 0.4) is 0 Å². The molecule has 0 radical (unpaired) electrons. The molecule has 0 aliphatic carbocycles. The molecule has 4 nitrogen and oxygen atoms in total. The number of rotatable bonds is 5. The molecule has 16 heavy (non-hydrogen) atoms. The summed E-state index contributed by atoms with van der Waals surface area (Å²) in [7, 11) is -1.28. The molecule has 0 bridgehead atoms. The normalized spacial score (nSPS) is 25.9.